The number of ether oxygens (including phenoxy) is 2. The van der Waals surface area contributed by atoms with Crippen LogP contribution in [0.2, 0.25) is 0 Å². The van der Waals surface area contributed by atoms with Crippen molar-refractivity contribution in [3.63, 3.8) is 0 Å². The summed E-state index contributed by atoms with van der Waals surface area (Å²) in [6.07, 6.45) is 3.65. The third kappa shape index (κ3) is 4.41. The van der Waals surface area contributed by atoms with Crippen LogP contribution in [0.4, 0.5) is 0 Å². The highest BCUT2D eigenvalue weighted by Gasteiger charge is 2.24. The molecule has 0 radical (unpaired) electrons. The van der Waals surface area contributed by atoms with E-state index in [9.17, 15) is 14.7 Å². The Morgan fingerprint density at radius 1 is 1.23 bits per heavy atom. The molecule has 1 unspecified atom stereocenters. The molecule has 31 heavy (non-hydrogen) atoms. The third-order valence-electron chi connectivity index (χ3n) is 5.78. The van der Waals surface area contributed by atoms with Gasteiger partial charge in [-0.05, 0) is 49.2 Å². The molecule has 1 aromatic heterocycles. The summed E-state index contributed by atoms with van der Waals surface area (Å²) in [4.78, 5) is 25.9. The zero-order valence-electron chi connectivity index (χ0n) is 17.6. The van der Waals surface area contributed by atoms with Crippen LogP contribution < -0.4 is 15.1 Å². The van der Waals surface area contributed by atoms with Crippen molar-refractivity contribution in [2.75, 3.05) is 20.2 Å². The van der Waals surface area contributed by atoms with E-state index in [0.717, 1.165) is 19.5 Å². The van der Waals surface area contributed by atoms with Crippen molar-refractivity contribution in [1.82, 2.24) is 0 Å². The molecular weight excluding hydrogens is 398 g/mol. The van der Waals surface area contributed by atoms with Crippen molar-refractivity contribution in [3.8, 4) is 17.2 Å². The molecule has 2 N–H and O–H groups in total. The lowest BCUT2D eigenvalue weighted by Crippen LogP contribution is -3.12. The molecule has 4 rings (SSSR count). The average Bonchev–Trinajstić information content (AvgIpc) is 2.77. The monoisotopic (exact) mass is 424 g/mol. The highest BCUT2D eigenvalue weighted by atomic mass is 16.5. The van der Waals surface area contributed by atoms with Crippen LogP contribution in [-0.4, -0.2) is 31.3 Å². The summed E-state index contributed by atoms with van der Waals surface area (Å²) in [6, 6.07) is 9.38. The van der Waals surface area contributed by atoms with Crippen LogP contribution >= 0.6 is 0 Å². The summed E-state index contributed by atoms with van der Waals surface area (Å²) < 4.78 is 16.2. The molecule has 2 aromatic carbocycles. The second-order valence-electron chi connectivity index (χ2n) is 8.12. The van der Waals surface area contributed by atoms with Crippen molar-refractivity contribution in [1.29, 1.82) is 0 Å². The summed E-state index contributed by atoms with van der Waals surface area (Å²) in [5.41, 5.74) is 1.10. The number of phenolic OH excluding ortho intramolecular Hbond substituents is 1. The van der Waals surface area contributed by atoms with Crippen molar-refractivity contribution >= 4 is 16.9 Å². The van der Waals surface area contributed by atoms with E-state index in [-0.39, 0.29) is 16.9 Å². The smallest absolute Gasteiger partial charge is 0.337 e. The molecule has 0 amide bonds. The number of nitrogens with one attached hydrogen (secondary N) is 1. The number of quaternary nitrogens is 1. The van der Waals surface area contributed by atoms with Gasteiger partial charge in [-0.15, -0.1) is 0 Å². The van der Waals surface area contributed by atoms with E-state index in [4.69, 9.17) is 9.15 Å². The van der Waals surface area contributed by atoms with E-state index in [0.29, 0.717) is 40.3 Å². The number of benzene rings is 2. The Morgan fingerprint density at radius 3 is 2.71 bits per heavy atom. The number of carbonyl (C=O) groups excluding carboxylic acids is 1. The van der Waals surface area contributed by atoms with Crippen molar-refractivity contribution in [2.45, 2.75) is 26.3 Å². The van der Waals surface area contributed by atoms with Crippen LogP contribution in [0, 0.1) is 5.92 Å². The standard InChI is InChI=1S/C24H25NO6/c1-15-4-3-11-25(12-15)13-19-20(26)10-9-18-22(27)21(14-30-23(18)19)31-17-7-5-16(6-8-17)24(28)29-2/h5-10,14-15,26H,3-4,11-13H2,1-2H3/p+1/t15-/m0/s1. The fourth-order valence-electron chi connectivity index (χ4n) is 4.18. The second kappa shape index (κ2) is 8.81. The Hall–Kier alpha value is -3.32. The molecule has 0 aliphatic carbocycles. The first-order valence-electron chi connectivity index (χ1n) is 10.4. The van der Waals surface area contributed by atoms with E-state index < -0.39 is 5.97 Å². The largest absolute Gasteiger partial charge is 0.507 e. The molecule has 1 aliphatic heterocycles. The van der Waals surface area contributed by atoms with Crippen LogP contribution in [-0.2, 0) is 11.3 Å². The predicted octanol–water partition coefficient (Wildman–Crippen LogP) is 2.89. The molecule has 1 saturated heterocycles. The van der Waals surface area contributed by atoms with Gasteiger partial charge in [0.25, 0.3) is 0 Å². The number of methoxy groups -OCH3 is 1. The summed E-state index contributed by atoms with van der Waals surface area (Å²) in [5.74, 6) is 0.750. The van der Waals surface area contributed by atoms with Gasteiger partial charge in [0.15, 0.2) is 5.58 Å². The molecule has 2 heterocycles. The topological polar surface area (TPSA) is 90.4 Å². The number of hydrogen-bond donors (Lipinski definition) is 2. The van der Waals surface area contributed by atoms with Gasteiger partial charge >= 0.3 is 5.97 Å². The number of carbonyl (C=O) groups is 1. The maximum atomic E-state index is 13.0. The minimum absolute atomic E-state index is 0.0360. The Kier molecular flexibility index (Phi) is 5.95. The molecule has 162 valence electrons. The summed E-state index contributed by atoms with van der Waals surface area (Å²) in [5, 5.41) is 10.8. The number of likely N-dealkylation sites (tertiary alicyclic amines) is 1. The Bertz CT molecular complexity index is 1150. The van der Waals surface area contributed by atoms with E-state index in [1.807, 2.05) is 0 Å². The van der Waals surface area contributed by atoms with Gasteiger partial charge in [-0.25, -0.2) is 4.79 Å². The molecule has 7 nitrogen and oxygen atoms in total. The first-order chi connectivity index (χ1) is 15.0. The SMILES string of the molecule is COC(=O)c1ccc(Oc2coc3c(C[NH+]4CCC[C@H](C)C4)c(O)ccc3c2=O)cc1. The average molecular weight is 424 g/mol. The van der Waals surface area contributed by atoms with Crippen LogP contribution in [0.25, 0.3) is 11.0 Å². The van der Waals surface area contributed by atoms with E-state index in [1.165, 1.54) is 30.8 Å². The number of phenols is 1. The van der Waals surface area contributed by atoms with Crippen LogP contribution in [0.15, 0.2) is 51.9 Å². The van der Waals surface area contributed by atoms with Gasteiger partial charge in [-0.1, -0.05) is 6.92 Å². The number of aromatic hydroxyl groups is 1. The predicted molar refractivity (Wildman–Crippen MR) is 115 cm³/mol. The molecule has 3 aromatic rings. The number of piperidine rings is 1. The van der Waals surface area contributed by atoms with Gasteiger partial charge < -0.3 is 23.9 Å². The third-order valence-corrected chi connectivity index (χ3v) is 5.78. The van der Waals surface area contributed by atoms with Crippen LogP contribution in [0.3, 0.4) is 0 Å². The van der Waals surface area contributed by atoms with Crippen LogP contribution in [0.5, 0.6) is 17.2 Å². The quantitative estimate of drug-likeness (QED) is 0.612. The minimum atomic E-state index is -0.450. The molecule has 0 saturated carbocycles. The second-order valence-corrected chi connectivity index (χ2v) is 8.12. The lowest BCUT2D eigenvalue weighted by Gasteiger charge is -2.28. The minimum Gasteiger partial charge on any atom is -0.507 e. The maximum Gasteiger partial charge on any atom is 0.337 e. The number of esters is 1. The van der Waals surface area contributed by atoms with Crippen molar-refractivity contribution in [3.05, 3.63) is 64.0 Å². The normalized spacial score (nSPS) is 18.6. The summed E-state index contributed by atoms with van der Waals surface area (Å²) >= 11 is 0. The molecule has 0 spiro atoms. The van der Waals surface area contributed by atoms with E-state index in [2.05, 4.69) is 11.7 Å². The lowest BCUT2D eigenvalue weighted by atomic mass is 9.99. The van der Waals surface area contributed by atoms with Gasteiger partial charge in [0.1, 0.15) is 24.3 Å². The molecule has 1 fully saturated rings. The first kappa shape index (κ1) is 20.9. The molecular formula is C24H26NO6+. The number of rotatable bonds is 5. The fraction of sp³-hybridized carbons (Fsp3) is 0.333. The maximum absolute atomic E-state index is 13.0. The molecule has 1 aliphatic rings. The van der Waals surface area contributed by atoms with E-state index >= 15 is 0 Å². The van der Waals surface area contributed by atoms with Crippen molar-refractivity contribution < 1.29 is 28.7 Å². The van der Waals surface area contributed by atoms with Crippen molar-refractivity contribution in [2.24, 2.45) is 5.92 Å². The Morgan fingerprint density at radius 2 is 2.00 bits per heavy atom. The zero-order valence-corrected chi connectivity index (χ0v) is 17.6. The highest BCUT2D eigenvalue weighted by Crippen LogP contribution is 2.28. The fourth-order valence-corrected chi connectivity index (χ4v) is 4.18. The zero-order chi connectivity index (χ0) is 22.0. The Labute approximate surface area is 179 Å². The Balaban J connectivity index is 1.62. The highest BCUT2D eigenvalue weighted by molar-refractivity contribution is 5.89. The lowest BCUT2D eigenvalue weighted by molar-refractivity contribution is -0.922. The van der Waals surface area contributed by atoms with Gasteiger partial charge in [0.05, 0.1) is 36.7 Å². The number of fused-ring (bicyclic) bond motifs is 1. The molecule has 0 bridgehead atoms. The first-order valence-corrected chi connectivity index (χ1v) is 10.4. The summed E-state index contributed by atoms with van der Waals surface area (Å²) in [6.45, 7) is 4.91. The van der Waals surface area contributed by atoms with E-state index in [1.54, 1.807) is 30.3 Å². The van der Waals surface area contributed by atoms with Gasteiger partial charge in [0.2, 0.25) is 11.2 Å². The molecule has 7 heteroatoms. The van der Waals surface area contributed by atoms with Gasteiger partial charge in [-0.3, -0.25) is 4.79 Å². The van der Waals surface area contributed by atoms with Gasteiger partial charge in [-0.2, -0.15) is 0 Å². The molecule has 2 atom stereocenters. The number of hydrogen-bond acceptors (Lipinski definition) is 6. The summed E-state index contributed by atoms with van der Waals surface area (Å²) in [7, 11) is 1.31. The van der Waals surface area contributed by atoms with Crippen LogP contribution in [0.1, 0.15) is 35.7 Å². The van der Waals surface area contributed by atoms with Gasteiger partial charge in [0, 0.05) is 5.92 Å².